The first-order chi connectivity index (χ1) is 8.22. The summed E-state index contributed by atoms with van der Waals surface area (Å²) < 4.78 is 17.9. The van der Waals surface area contributed by atoms with Crippen LogP contribution in [0.15, 0.2) is 24.3 Å². The Morgan fingerprint density at radius 2 is 2.00 bits per heavy atom. The van der Waals surface area contributed by atoms with E-state index in [1.165, 1.54) is 24.3 Å². The smallest absolute Gasteiger partial charge is 0.223 e. The molecule has 0 saturated carbocycles. The van der Waals surface area contributed by atoms with E-state index in [2.05, 4.69) is 10.6 Å². The van der Waals surface area contributed by atoms with E-state index in [0.29, 0.717) is 18.7 Å². The summed E-state index contributed by atoms with van der Waals surface area (Å²) in [6.07, 6.45) is 0.293. The molecule has 17 heavy (non-hydrogen) atoms. The van der Waals surface area contributed by atoms with Crippen molar-refractivity contribution < 1.29 is 13.9 Å². The van der Waals surface area contributed by atoms with Crippen molar-refractivity contribution in [2.45, 2.75) is 6.42 Å². The first-order valence-corrected chi connectivity index (χ1v) is 5.52. The molecule has 5 heteroatoms. The van der Waals surface area contributed by atoms with Crippen molar-refractivity contribution in [1.29, 1.82) is 0 Å². The lowest BCUT2D eigenvalue weighted by atomic mass is 10.3. The lowest BCUT2D eigenvalue weighted by Gasteiger charge is -2.07. The molecule has 94 valence electrons. The normalized spacial score (nSPS) is 10.0. The van der Waals surface area contributed by atoms with Gasteiger partial charge in [0.1, 0.15) is 11.6 Å². The molecule has 1 aromatic carbocycles. The molecule has 0 aliphatic carbocycles. The molecular weight excluding hydrogens is 223 g/mol. The van der Waals surface area contributed by atoms with Gasteiger partial charge in [0.2, 0.25) is 5.91 Å². The lowest BCUT2D eigenvalue weighted by Crippen LogP contribution is -2.31. The highest BCUT2D eigenvalue weighted by molar-refractivity contribution is 5.75. The number of halogens is 1. The van der Waals surface area contributed by atoms with Crippen LogP contribution in [-0.2, 0) is 4.79 Å². The minimum atomic E-state index is -0.304. The molecule has 0 aliphatic heterocycles. The quantitative estimate of drug-likeness (QED) is 0.697. The zero-order valence-electron chi connectivity index (χ0n) is 9.83. The van der Waals surface area contributed by atoms with Gasteiger partial charge in [0.05, 0.1) is 13.0 Å². The summed E-state index contributed by atoms with van der Waals surface area (Å²) in [7, 11) is 1.82. The van der Waals surface area contributed by atoms with Gasteiger partial charge in [-0.05, 0) is 31.3 Å². The Morgan fingerprint density at radius 3 is 2.65 bits per heavy atom. The molecule has 0 fully saturated rings. The maximum Gasteiger partial charge on any atom is 0.223 e. The number of ether oxygens (including phenoxy) is 1. The molecule has 0 radical (unpaired) electrons. The van der Waals surface area contributed by atoms with Crippen LogP contribution in [0, 0.1) is 5.82 Å². The van der Waals surface area contributed by atoms with Crippen LogP contribution in [0.25, 0.3) is 0 Å². The van der Waals surface area contributed by atoms with E-state index in [4.69, 9.17) is 4.74 Å². The maximum atomic E-state index is 12.6. The van der Waals surface area contributed by atoms with Gasteiger partial charge >= 0.3 is 0 Å². The standard InChI is InChI=1S/C12H17FN2O2/c1-14-7-8-15-12(16)6-9-17-11-4-2-10(13)3-5-11/h2-5,14H,6-9H2,1H3,(H,15,16). The number of hydrogen-bond acceptors (Lipinski definition) is 3. The zero-order chi connectivity index (χ0) is 12.5. The molecule has 0 atom stereocenters. The minimum Gasteiger partial charge on any atom is -0.493 e. The van der Waals surface area contributed by atoms with Crippen LogP contribution in [-0.4, -0.2) is 32.7 Å². The predicted octanol–water partition coefficient (Wildman–Crippen LogP) is 0.930. The number of rotatable bonds is 7. The summed E-state index contributed by atoms with van der Waals surface area (Å²) in [5.74, 6) is 0.207. The Bertz CT molecular complexity index is 341. The molecule has 1 amide bonds. The van der Waals surface area contributed by atoms with Crippen molar-refractivity contribution >= 4 is 5.91 Å². The predicted molar refractivity (Wildman–Crippen MR) is 63.4 cm³/mol. The van der Waals surface area contributed by atoms with E-state index in [-0.39, 0.29) is 18.3 Å². The van der Waals surface area contributed by atoms with Gasteiger partial charge in [0.25, 0.3) is 0 Å². The molecule has 0 bridgehead atoms. The number of likely N-dealkylation sites (N-methyl/N-ethyl adjacent to an activating group) is 1. The maximum absolute atomic E-state index is 12.6. The second-order valence-electron chi connectivity index (χ2n) is 3.51. The van der Waals surface area contributed by atoms with Gasteiger partial charge in [-0.2, -0.15) is 0 Å². The monoisotopic (exact) mass is 240 g/mol. The van der Waals surface area contributed by atoms with Crippen LogP contribution >= 0.6 is 0 Å². The highest BCUT2D eigenvalue weighted by Gasteiger charge is 2.01. The first kappa shape index (κ1) is 13.4. The summed E-state index contributed by atoms with van der Waals surface area (Å²) in [6.45, 7) is 1.63. The highest BCUT2D eigenvalue weighted by Crippen LogP contribution is 2.10. The molecule has 4 nitrogen and oxygen atoms in total. The van der Waals surface area contributed by atoms with E-state index >= 15 is 0 Å². The fourth-order valence-electron chi connectivity index (χ4n) is 1.21. The third-order valence-electron chi connectivity index (χ3n) is 2.11. The van der Waals surface area contributed by atoms with E-state index in [9.17, 15) is 9.18 Å². The van der Waals surface area contributed by atoms with Crippen LogP contribution in [0.3, 0.4) is 0 Å². The Kier molecular flexibility index (Phi) is 6.03. The topological polar surface area (TPSA) is 50.4 Å². The summed E-state index contributed by atoms with van der Waals surface area (Å²) in [5.41, 5.74) is 0. The van der Waals surface area contributed by atoms with Crippen LogP contribution in [0.1, 0.15) is 6.42 Å². The summed E-state index contributed by atoms with van der Waals surface area (Å²) in [5, 5.41) is 5.67. The van der Waals surface area contributed by atoms with E-state index in [1.54, 1.807) is 0 Å². The average Bonchev–Trinajstić information content (AvgIpc) is 2.32. The molecule has 0 aromatic heterocycles. The van der Waals surface area contributed by atoms with E-state index in [0.717, 1.165) is 6.54 Å². The molecule has 0 saturated heterocycles. The van der Waals surface area contributed by atoms with Gasteiger partial charge in [0, 0.05) is 13.1 Å². The van der Waals surface area contributed by atoms with Crippen molar-refractivity contribution in [3.05, 3.63) is 30.1 Å². The van der Waals surface area contributed by atoms with Gasteiger partial charge in [-0.3, -0.25) is 4.79 Å². The number of carbonyl (C=O) groups is 1. The summed E-state index contributed by atoms with van der Waals surface area (Å²) >= 11 is 0. The molecular formula is C12H17FN2O2. The van der Waals surface area contributed by atoms with Gasteiger partial charge in [0.15, 0.2) is 0 Å². The second-order valence-corrected chi connectivity index (χ2v) is 3.51. The Balaban J connectivity index is 2.14. The molecule has 0 unspecified atom stereocenters. The molecule has 1 aromatic rings. The van der Waals surface area contributed by atoms with Crippen LogP contribution in [0.2, 0.25) is 0 Å². The van der Waals surface area contributed by atoms with Gasteiger partial charge in [-0.1, -0.05) is 0 Å². The molecule has 0 spiro atoms. The number of benzene rings is 1. The van der Waals surface area contributed by atoms with Crippen molar-refractivity contribution in [2.75, 3.05) is 26.7 Å². The Labute approximate surface area is 100 Å². The first-order valence-electron chi connectivity index (χ1n) is 5.52. The van der Waals surface area contributed by atoms with Gasteiger partial charge in [-0.15, -0.1) is 0 Å². The van der Waals surface area contributed by atoms with Gasteiger partial charge in [-0.25, -0.2) is 4.39 Å². The SMILES string of the molecule is CNCCNC(=O)CCOc1ccc(F)cc1. The molecule has 0 aliphatic rings. The highest BCUT2D eigenvalue weighted by atomic mass is 19.1. The van der Waals surface area contributed by atoms with Crippen LogP contribution in [0.4, 0.5) is 4.39 Å². The van der Waals surface area contributed by atoms with Crippen molar-refractivity contribution in [2.24, 2.45) is 0 Å². The number of carbonyl (C=O) groups excluding carboxylic acids is 1. The molecule has 1 rings (SSSR count). The van der Waals surface area contributed by atoms with Crippen LogP contribution < -0.4 is 15.4 Å². The fraction of sp³-hybridized carbons (Fsp3) is 0.417. The average molecular weight is 240 g/mol. The third-order valence-corrected chi connectivity index (χ3v) is 2.11. The van der Waals surface area contributed by atoms with E-state index < -0.39 is 0 Å². The van der Waals surface area contributed by atoms with Crippen LogP contribution in [0.5, 0.6) is 5.75 Å². The Hall–Kier alpha value is -1.62. The van der Waals surface area contributed by atoms with Crippen molar-refractivity contribution in [3.8, 4) is 5.75 Å². The third kappa shape index (κ3) is 5.87. The summed E-state index contributed by atoms with van der Waals surface area (Å²) in [6, 6.07) is 5.72. The minimum absolute atomic E-state index is 0.0534. The van der Waals surface area contributed by atoms with Crippen molar-refractivity contribution in [3.63, 3.8) is 0 Å². The largest absolute Gasteiger partial charge is 0.493 e. The number of amides is 1. The van der Waals surface area contributed by atoms with E-state index in [1.807, 2.05) is 7.05 Å². The lowest BCUT2D eigenvalue weighted by molar-refractivity contribution is -0.121. The second kappa shape index (κ2) is 7.62. The van der Waals surface area contributed by atoms with Crippen molar-refractivity contribution in [1.82, 2.24) is 10.6 Å². The number of nitrogens with one attached hydrogen (secondary N) is 2. The zero-order valence-corrected chi connectivity index (χ0v) is 9.83. The number of hydrogen-bond donors (Lipinski definition) is 2. The molecule has 0 heterocycles. The Morgan fingerprint density at radius 1 is 1.29 bits per heavy atom. The fourth-order valence-corrected chi connectivity index (χ4v) is 1.21. The van der Waals surface area contributed by atoms with Gasteiger partial charge < -0.3 is 15.4 Å². The molecule has 2 N–H and O–H groups in total. The summed E-state index contributed by atoms with van der Waals surface area (Å²) in [4.78, 5) is 11.3.